The molecule has 7 nitrogen and oxygen atoms in total. The summed E-state index contributed by atoms with van der Waals surface area (Å²) in [6, 6.07) is 7.73. The van der Waals surface area contributed by atoms with Crippen molar-refractivity contribution in [1.29, 1.82) is 0 Å². The summed E-state index contributed by atoms with van der Waals surface area (Å²) in [6.45, 7) is 6.67. The minimum atomic E-state index is -0.336. The van der Waals surface area contributed by atoms with Gasteiger partial charge in [0.2, 0.25) is 5.91 Å². The number of hydrogen-bond acceptors (Lipinski definition) is 4. The van der Waals surface area contributed by atoms with E-state index in [0.29, 0.717) is 13.0 Å². The number of piperazine rings is 1. The van der Waals surface area contributed by atoms with Gasteiger partial charge in [-0.3, -0.25) is 19.9 Å². The van der Waals surface area contributed by atoms with E-state index in [4.69, 9.17) is 0 Å². The first kappa shape index (κ1) is 16.1. The van der Waals surface area contributed by atoms with Crippen molar-refractivity contribution in [1.82, 2.24) is 20.1 Å². The lowest BCUT2D eigenvalue weighted by Crippen LogP contribution is -2.49. The number of benzene rings is 1. The van der Waals surface area contributed by atoms with Crippen molar-refractivity contribution in [3.8, 4) is 0 Å². The average Bonchev–Trinajstić information content (AvgIpc) is 3.04. The molecule has 7 heteroatoms. The molecule has 132 valence electrons. The van der Waals surface area contributed by atoms with Crippen molar-refractivity contribution >= 4 is 28.5 Å². The Labute approximate surface area is 146 Å². The first-order valence-electron chi connectivity index (χ1n) is 8.85. The van der Waals surface area contributed by atoms with E-state index in [1.165, 1.54) is 0 Å². The summed E-state index contributed by atoms with van der Waals surface area (Å²) in [6.07, 6.45) is 2.43. The lowest BCUT2D eigenvalue weighted by atomic mass is 10.1. The summed E-state index contributed by atoms with van der Waals surface area (Å²) in [5, 5.41) is 6.82. The molecule has 2 aliphatic rings. The van der Waals surface area contributed by atoms with Gasteiger partial charge in [0.05, 0.1) is 11.2 Å². The quantitative estimate of drug-likeness (QED) is 0.870. The van der Waals surface area contributed by atoms with E-state index in [2.05, 4.69) is 38.4 Å². The maximum atomic E-state index is 12.2. The van der Waals surface area contributed by atoms with Gasteiger partial charge in [-0.25, -0.2) is 4.79 Å². The summed E-state index contributed by atoms with van der Waals surface area (Å²) >= 11 is 0. The summed E-state index contributed by atoms with van der Waals surface area (Å²) < 4.78 is 2.24. The van der Waals surface area contributed by atoms with E-state index in [9.17, 15) is 9.59 Å². The SMILES string of the molecule is O=C1CCN(c2cccc3c2ccn3CCN2CCNCC2)C(=O)N1. The zero-order valence-corrected chi connectivity index (χ0v) is 14.2. The van der Waals surface area contributed by atoms with Gasteiger partial charge >= 0.3 is 6.03 Å². The van der Waals surface area contributed by atoms with Gasteiger partial charge in [0, 0.05) is 63.8 Å². The first-order valence-corrected chi connectivity index (χ1v) is 8.85. The Hall–Kier alpha value is -2.38. The molecule has 2 saturated heterocycles. The Morgan fingerprint density at radius 2 is 1.84 bits per heavy atom. The maximum absolute atomic E-state index is 12.2. The third-order valence-corrected chi connectivity index (χ3v) is 5.00. The fourth-order valence-electron chi connectivity index (χ4n) is 3.62. The average molecular weight is 341 g/mol. The number of carbonyl (C=O) groups is 2. The molecular formula is C18H23N5O2. The Morgan fingerprint density at radius 1 is 1.00 bits per heavy atom. The zero-order chi connectivity index (χ0) is 17.2. The fraction of sp³-hybridized carbons (Fsp3) is 0.444. The zero-order valence-electron chi connectivity index (χ0n) is 14.2. The van der Waals surface area contributed by atoms with Crippen LogP contribution < -0.4 is 15.5 Å². The van der Waals surface area contributed by atoms with Crippen LogP contribution in [0.3, 0.4) is 0 Å². The summed E-state index contributed by atoms with van der Waals surface area (Å²) in [7, 11) is 0. The van der Waals surface area contributed by atoms with E-state index in [-0.39, 0.29) is 11.9 Å². The van der Waals surface area contributed by atoms with Gasteiger partial charge in [-0.05, 0) is 18.2 Å². The summed E-state index contributed by atoms with van der Waals surface area (Å²) in [5.74, 6) is -0.206. The number of nitrogens with one attached hydrogen (secondary N) is 2. The number of fused-ring (bicyclic) bond motifs is 1. The second kappa shape index (κ2) is 6.85. The van der Waals surface area contributed by atoms with Crippen LogP contribution in [-0.4, -0.2) is 60.7 Å². The van der Waals surface area contributed by atoms with E-state index in [0.717, 1.165) is 55.9 Å². The fourth-order valence-corrected chi connectivity index (χ4v) is 3.62. The van der Waals surface area contributed by atoms with Crippen molar-refractivity contribution in [3.63, 3.8) is 0 Å². The predicted octanol–water partition coefficient (Wildman–Crippen LogP) is 0.993. The highest BCUT2D eigenvalue weighted by molar-refractivity contribution is 6.09. The minimum Gasteiger partial charge on any atom is -0.346 e. The van der Waals surface area contributed by atoms with Gasteiger partial charge < -0.3 is 9.88 Å². The van der Waals surface area contributed by atoms with Gasteiger partial charge in [-0.2, -0.15) is 0 Å². The van der Waals surface area contributed by atoms with Gasteiger partial charge in [0.15, 0.2) is 0 Å². The predicted molar refractivity (Wildman–Crippen MR) is 96.7 cm³/mol. The number of carbonyl (C=O) groups excluding carboxylic acids is 2. The third-order valence-electron chi connectivity index (χ3n) is 5.00. The highest BCUT2D eigenvalue weighted by atomic mass is 16.2. The van der Waals surface area contributed by atoms with Crippen LogP contribution in [0.15, 0.2) is 30.5 Å². The largest absolute Gasteiger partial charge is 0.346 e. The lowest BCUT2D eigenvalue weighted by Gasteiger charge is -2.28. The molecule has 0 bridgehead atoms. The molecule has 0 aliphatic carbocycles. The smallest absolute Gasteiger partial charge is 0.328 e. The maximum Gasteiger partial charge on any atom is 0.328 e. The molecule has 3 heterocycles. The summed E-state index contributed by atoms with van der Waals surface area (Å²) in [5.41, 5.74) is 1.99. The highest BCUT2D eigenvalue weighted by Crippen LogP contribution is 2.29. The second-order valence-electron chi connectivity index (χ2n) is 6.57. The van der Waals surface area contributed by atoms with Crippen LogP contribution in [0.4, 0.5) is 10.5 Å². The number of anilines is 1. The Balaban J connectivity index is 1.55. The number of amides is 3. The van der Waals surface area contributed by atoms with Crippen LogP contribution in [-0.2, 0) is 11.3 Å². The van der Waals surface area contributed by atoms with Crippen LogP contribution in [0.5, 0.6) is 0 Å². The van der Waals surface area contributed by atoms with Crippen LogP contribution in [0.1, 0.15) is 6.42 Å². The van der Waals surface area contributed by atoms with Gasteiger partial charge in [0.25, 0.3) is 0 Å². The molecule has 2 aliphatic heterocycles. The standard InChI is InChI=1S/C18H23N5O2/c24-17-5-9-23(18(25)20-17)16-3-1-2-15-14(16)4-8-22(15)13-12-21-10-6-19-7-11-21/h1-4,8,19H,5-7,9-13H2,(H,20,24,25). The Morgan fingerprint density at radius 3 is 2.64 bits per heavy atom. The van der Waals surface area contributed by atoms with Crippen molar-refractivity contribution in [3.05, 3.63) is 30.5 Å². The van der Waals surface area contributed by atoms with Crippen LogP contribution in [0.25, 0.3) is 10.9 Å². The lowest BCUT2D eigenvalue weighted by molar-refractivity contribution is -0.120. The van der Waals surface area contributed by atoms with Crippen molar-refractivity contribution in [2.45, 2.75) is 13.0 Å². The van der Waals surface area contributed by atoms with Crippen molar-refractivity contribution < 1.29 is 9.59 Å². The molecule has 3 amide bonds. The molecule has 2 aromatic rings. The van der Waals surface area contributed by atoms with Gasteiger partial charge in [0.1, 0.15) is 0 Å². The molecule has 1 aromatic carbocycles. The van der Waals surface area contributed by atoms with E-state index < -0.39 is 0 Å². The Bertz CT molecular complexity index is 794. The molecule has 0 spiro atoms. The van der Waals surface area contributed by atoms with Gasteiger partial charge in [-0.15, -0.1) is 0 Å². The first-order chi connectivity index (χ1) is 12.2. The topological polar surface area (TPSA) is 69.6 Å². The molecule has 4 rings (SSSR count). The van der Waals surface area contributed by atoms with E-state index >= 15 is 0 Å². The number of rotatable bonds is 4. The normalized spacial score (nSPS) is 19.4. The molecule has 0 atom stereocenters. The third kappa shape index (κ3) is 3.25. The van der Waals surface area contributed by atoms with Crippen molar-refractivity contribution in [2.24, 2.45) is 0 Å². The molecular weight excluding hydrogens is 318 g/mol. The van der Waals surface area contributed by atoms with Crippen LogP contribution in [0.2, 0.25) is 0 Å². The number of aromatic nitrogens is 1. The molecule has 25 heavy (non-hydrogen) atoms. The van der Waals surface area contributed by atoms with E-state index in [1.54, 1.807) is 4.90 Å². The highest BCUT2D eigenvalue weighted by Gasteiger charge is 2.25. The number of nitrogens with zero attached hydrogens (tertiary/aromatic N) is 3. The van der Waals surface area contributed by atoms with Gasteiger partial charge in [-0.1, -0.05) is 6.07 Å². The van der Waals surface area contributed by atoms with Crippen LogP contribution in [0, 0.1) is 0 Å². The second-order valence-corrected chi connectivity index (χ2v) is 6.57. The minimum absolute atomic E-state index is 0.206. The monoisotopic (exact) mass is 341 g/mol. The molecule has 2 fully saturated rings. The number of imide groups is 1. The molecule has 0 saturated carbocycles. The molecule has 2 N–H and O–H groups in total. The van der Waals surface area contributed by atoms with Crippen molar-refractivity contribution in [2.75, 3.05) is 44.2 Å². The molecule has 0 radical (unpaired) electrons. The number of urea groups is 1. The molecule has 1 aromatic heterocycles. The number of hydrogen-bond donors (Lipinski definition) is 2. The van der Waals surface area contributed by atoms with Crippen LogP contribution >= 0.6 is 0 Å². The summed E-state index contributed by atoms with van der Waals surface area (Å²) in [4.78, 5) is 27.7. The Kier molecular flexibility index (Phi) is 4.42. The molecule has 0 unspecified atom stereocenters. The van der Waals surface area contributed by atoms with E-state index in [1.807, 2.05) is 12.1 Å².